The maximum absolute atomic E-state index is 13.7. The Labute approximate surface area is 260 Å². The van der Waals surface area contributed by atoms with Crippen LogP contribution in [0.15, 0.2) is 103 Å². The van der Waals surface area contributed by atoms with Crippen LogP contribution in [0.1, 0.15) is 77.1 Å². The van der Waals surface area contributed by atoms with Gasteiger partial charge in [-0.15, -0.1) is 0 Å². The summed E-state index contributed by atoms with van der Waals surface area (Å²) in [4.78, 5) is 28.8. The van der Waals surface area contributed by atoms with Gasteiger partial charge in [0.25, 0.3) is 0 Å². The van der Waals surface area contributed by atoms with Gasteiger partial charge in [-0.1, -0.05) is 104 Å². The normalized spacial score (nSPS) is 16.5. The highest BCUT2D eigenvalue weighted by molar-refractivity contribution is 5.99. The van der Waals surface area contributed by atoms with Crippen LogP contribution < -0.4 is 15.0 Å². The Morgan fingerprint density at radius 1 is 0.727 bits per heavy atom. The Hall–Kier alpha value is -4.42. The summed E-state index contributed by atoms with van der Waals surface area (Å²) in [7, 11) is 0. The van der Waals surface area contributed by atoms with Crippen LogP contribution in [0.5, 0.6) is 5.75 Å². The lowest BCUT2D eigenvalue weighted by Gasteiger charge is -2.33. The van der Waals surface area contributed by atoms with Crippen molar-refractivity contribution < 1.29 is 19.1 Å². The predicted molar refractivity (Wildman–Crippen MR) is 173 cm³/mol. The van der Waals surface area contributed by atoms with Crippen LogP contribution in [0.25, 0.3) is 0 Å². The van der Waals surface area contributed by atoms with Crippen molar-refractivity contribution in [2.24, 2.45) is 0 Å². The number of esters is 1. The number of hydrogen-bond donors (Lipinski definition) is 1. The maximum atomic E-state index is 13.7. The summed E-state index contributed by atoms with van der Waals surface area (Å²) in [6, 6.07) is 33.3. The number of nitrogens with one attached hydrogen (secondary N) is 1. The lowest BCUT2D eigenvalue weighted by Crippen LogP contribution is -2.54. The minimum absolute atomic E-state index is 0.0148. The minimum atomic E-state index is -0.472. The fourth-order valence-corrected chi connectivity index (χ4v) is 6.00. The molecule has 44 heavy (non-hydrogen) atoms. The van der Waals surface area contributed by atoms with E-state index in [9.17, 15) is 9.59 Å². The third-order valence-corrected chi connectivity index (χ3v) is 8.73. The number of carbonyl (C=O) groups is 2. The number of anilines is 1. The van der Waals surface area contributed by atoms with Crippen LogP contribution in [-0.4, -0.2) is 24.5 Å². The first-order valence-electron chi connectivity index (χ1n) is 15.8. The first-order chi connectivity index (χ1) is 21.6. The average molecular weight is 589 g/mol. The molecule has 2 fully saturated rings. The summed E-state index contributed by atoms with van der Waals surface area (Å²) in [6.07, 6.45) is 7.24. The number of benzene rings is 4. The summed E-state index contributed by atoms with van der Waals surface area (Å²) < 4.78 is 11.9. The van der Waals surface area contributed by atoms with E-state index < -0.39 is 5.97 Å². The molecule has 6 nitrogen and oxygen atoms in total. The third-order valence-electron chi connectivity index (χ3n) is 8.73. The van der Waals surface area contributed by atoms with Crippen molar-refractivity contribution in [3.05, 3.63) is 131 Å². The maximum Gasteiger partial charge on any atom is 0.342 e. The molecule has 1 saturated carbocycles. The number of rotatable bonds is 11. The van der Waals surface area contributed by atoms with Crippen LogP contribution in [0.3, 0.4) is 0 Å². The van der Waals surface area contributed by atoms with Gasteiger partial charge in [0.2, 0.25) is 5.91 Å². The monoisotopic (exact) mass is 588 g/mol. The summed E-state index contributed by atoms with van der Waals surface area (Å²) in [5, 5.41) is 3.26. The zero-order valence-electron chi connectivity index (χ0n) is 25.1. The fourth-order valence-electron chi connectivity index (χ4n) is 6.00. The zero-order chi connectivity index (χ0) is 30.1. The second-order valence-corrected chi connectivity index (χ2v) is 11.8. The quantitative estimate of drug-likeness (QED) is 0.183. The Balaban J connectivity index is 1.26. The van der Waals surface area contributed by atoms with Crippen molar-refractivity contribution in [1.29, 1.82) is 0 Å². The van der Waals surface area contributed by atoms with Gasteiger partial charge in [-0.05, 0) is 66.1 Å². The van der Waals surface area contributed by atoms with E-state index in [-0.39, 0.29) is 25.2 Å². The van der Waals surface area contributed by atoms with E-state index in [1.54, 1.807) is 17.0 Å². The zero-order valence-corrected chi connectivity index (χ0v) is 25.1. The molecule has 6 heteroatoms. The summed E-state index contributed by atoms with van der Waals surface area (Å²) in [5.74, 6) is 0.561. The molecule has 0 bridgehead atoms. The number of nitrogens with zero attached hydrogens (tertiary/aromatic N) is 1. The molecule has 6 rings (SSSR count). The third kappa shape index (κ3) is 7.37. The smallest absolute Gasteiger partial charge is 0.342 e. The van der Waals surface area contributed by atoms with E-state index in [1.807, 2.05) is 66.7 Å². The van der Waals surface area contributed by atoms with E-state index in [1.165, 1.54) is 37.7 Å². The molecule has 4 aromatic carbocycles. The van der Waals surface area contributed by atoms with Crippen LogP contribution >= 0.6 is 0 Å². The number of carbonyl (C=O) groups excluding carboxylic acids is 2. The lowest BCUT2D eigenvalue weighted by atomic mass is 9.84. The molecule has 1 aliphatic heterocycles. The highest BCUT2D eigenvalue weighted by atomic mass is 16.5. The van der Waals surface area contributed by atoms with Gasteiger partial charge in [-0.2, -0.15) is 0 Å². The highest BCUT2D eigenvalue weighted by Gasteiger charge is 2.31. The topological polar surface area (TPSA) is 67.9 Å². The van der Waals surface area contributed by atoms with Crippen LogP contribution in [0.4, 0.5) is 5.69 Å². The van der Waals surface area contributed by atoms with Gasteiger partial charge in [0.05, 0.1) is 12.6 Å². The molecule has 1 unspecified atom stereocenters. The largest absolute Gasteiger partial charge is 0.488 e. The summed E-state index contributed by atoms with van der Waals surface area (Å²) in [5.41, 5.74) is 5.35. The summed E-state index contributed by atoms with van der Waals surface area (Å²) in [6.45, 7) is 1.70. The van der Waals surface area contributed by atoms with Gasteiger partial charge in [-0.3, -0.25) is 4.79 Å². The predicted octanol–water partition coefficient (Wildman–Crippen LogP) is 7.57. The van der Waals surface area contributed by atoms with Crippen molar-refractivity contribution >= 4 is 17.6 Å². The van der Waals surface area contributed by atoms with E-state index in [2.05, 4.69) is 29.6 Å². The molecule has 0 aromatic heterocycles. The molecule has 0 spiro atoms. The number of ether oxygens (including phenoxy) is 2. The van der Waals surface area contributed by atoms with E-state index in [0.717, 1.165) is 29.7 Å². The van der Waals surface area contributed by atoms with Crippen LogP contribution in [0.2, 0.25) is 0 Å². The van der Waals surface area contributed by atoms with Crippen molar-refractivity contribution in [3.8, 4) is 5.75 Å². The molecule has 1 N–H and O–H groups in total. The van der Waals surface area contributed by atoms with E-state index in [0.29, 0.717) is 29.5 Å². The summed E-state index contributed by atoms with van der Waals surface area (Å²) >= 11 is 0. The fraction of sp³-hybridized carbons (Fsp3) is 0.316. The number of hydrogen-bond acceptors (Lipinski definition) is 5. The molecule has 1 aliphatic carbocycles. The Morgan fingerprint density at radius 2 is 1.39 bits per heavy atom. The number of amides is 1. The van der Waals surface area contributed by atoms with Crippen molar-refractivity contribution in [1.82, 2.24) is 5.32 Å². The van der Waals surface area contributed by atoms with Crippen molar-refractivity contribution in [3.63, 3.8) is 0 Å². The first-order valence-corrected chi connectivity index (χ1v) is 15.8. The molecule has 1 heterocycles. The SMILES string of the molecule is O=C(OCc1ccccc1)c1ccc(N(Cc2ccc(C3CCCCC3)cc2)C(=O)C2CCN2)cc1OCc1ccccc1. The molecule has 1 atom stereocenters. The standard InChI is InChI=1S/C38H40N2O4/c41-37(35-22-23-39-35)40(25-28-16-18-32(19-17-28)31-14-8-3-9-15-31)33-20-21-34(38(42)44-27-30-12-6-2-7-13-30)36(24-33)43-26-29-10-4-1-5-11-29/h1-2,4-7,10-13,16-21,24,31,35,39H,3,8-9,14-15,22-23,25-27H2. The second kappa shape index (κ2) is 14.4. The molecule has 4 aromatic rings. The molecule has 2 aliphatic rings. The Morgan fingerprint density at radius 3 is 2.02 bits per heavy atom. The van der Waals surface area contributed by atoms with Gasteiger partial charge in [0.1, 0.15) is 24.5 Å². The van der Waals surface area contributed by atoms with Gasteiger partial charge in [-0.25, -0.2) is 4.79 Å². The molecule has 0 radical (unpaired) electrons. The Bertz CT molecular complexity index is 1530. The van der Waals surface area contributed by atoms with Crippen molar-refractivity contribution in [2.75, 3.05) is 11.4 Å². The molecular formula is C38H40N2O4. The van der Waals surface area contributed by atoms with Gasteiger partial charge in [0, 0.05) is 11.8 Å². The molecule has 1 saturated heterocycles. The minimum Gasteiger partial charge on any atom is -0.488 e. The van der Waals surface area contributed by atoms with Crippen LogP contribution in [-0.2, 0) is 29.3 Å². The van der Waals surface area contributed by atoms with Crippen molar-refractivity contribution in [2.45, 2.75) is 70.2 Å². The van der Waals surface area contributed by atoms with E-state index >= 15 is 0 Å². The molecular weight excluding hydrogens is 548 g/mol. The van der Waals surface area contributed by atoms with Gasteiger partial charge < -0.3 is 19.7 Å². The van der Waals surface area contributed by atoms with Crippen LogP contribution in [0, 0.1) is 0 Å². The average Bonchev–Trinajstić information content (AvgIpc) is 3.06. The second-order valence-electron chi connectivity index (χ2n) is 11.8. The van der Waals surface area contributed by atoms with E-state index in [4.69, 9.17) is 9.47 Å². The molecule has 1 amide bonds. The lowest BCUT2D eigenvalue weighted by molar-refractivity contribution is -0.122. The van der Waals surface area contributed by atoms with Gasteiger partial charge >= 0.3 is 5.97 Å². The Kier molecular flexibility index (Phi) is 9.68. The highest BCUT2D eigenvalue weighted by Crippen LogP contribution is 2.34. The molecule has 226 valence electrons. The first kappa shape index (κ1) is 29.6. The van der Waals surface area contributed by atoms with Gasteiger partial charge in [0.15, 0.2) is 0 Å².